The van der Waals surface area contributed by atoms with Crippen molar-refractivity contribution in [1.82, 2.24) is 0 Å². The van der Waals surface area contributed by atoms with Crippen LogP contribution in [-0.2, 0) is 11.2 Å². The number of hydrogen-bond donors (Lipinski definition) is 0. The highest BCUT2D eigenvalue weighted by molar-refractivity contribution is 5.14. The fraction of sp³-hybridized carbons (Fsp3) is 0.429. The molecule has 82 valence electrons. The van der Waals surface area contributed by atoms with Crippen LogP contribution in [-0.4, -0.2) is 6.61 Å². The Morgan fingerprint density at radius 3 is 2.47 bits per heavy atom. The Morgan fingerprint density at radius 2 is 1.73 bits per heavy atom. The van der Waals surface area contributed by atoms with E-state index in [9.17, 15) is 0 Å². The summed E-state index contributed by atoms with van der Waals surface area (Å²) in [5.74, 6) is 0. The van der Waals surface area contributed by atoms with Gasteiger partial charge in [0.25, 0.3) is 0 Å². The van der Waals surface area contributed by atoms with Crippen molar-refractivity contribution in [3.8, 4) is 0 Å². The van der Waals surface area contributed by atoms with Gasteiger partial charge in [-0.05, 0) is 24.8 Å². The van der Waals surface area contributed by atoms with E-state index in [1.165, 1.54) is 37.5 Å². The van der Waals surface area contributed by atoms with Gasteiger partial charge < -0.3 is 4.74 Å². The largest absolute Gasteiger partial charge is 0.502 e. The molecule has 1 heteroatoms. The molecule has 0 spiro atoms. The van der Waals surface area contributed by atoms with Gasteiger partial charge in [-0.25, -0.2) is 0 Å². The van der Waals surface area contributed by atoms with Crippen LogP contribution in [0.3, 0.4) is 0 Å². The van der Waals surface area contributed by atoms with Crippen molar-refractivity contribution < 1.29 is 4.74 Å². The Kier molecular flexibility index (Phi) is 6.39. The first-order chi connectivity index (χ1) is 7.43. The van der Waals surface area contributed by atoms with E-state index in [1.54, 1.807) is 0 Å². The molecule has 0 unspecified atom stereocenters. The lowest BCUT2D eigenvalue weighted by Crippen LogP contribution is -1.89. The molecule has 0 fully saturated rings. The molecule has 0 saturated carbocycles. The highest BCUT2D eigenvalue weighted by atomic mass is 16.5. The van der Waals surface area contributed by atoms with E-state index in [-0.39, 0.29) is 0 Å². The first-order valence-electron chi connectivity index (χ1n) is 5.70. The molecule has 0 aromatic heterocycles. The molecule has 1 aromatic carbocycles. The molecule has 0 atom stereocenters. The van der Waals surface area contributed by atoms with Crippen LogP contribution in [0.15, 0.2) is 43.2 Å². The molecule has 0 saturated heterocycles. The smallest absolute Gasteiger partial charge is 0.0873 e. The molecule has 1 rings (SSSR count). The van der Waals surface area contributed by atoms with Crippen LogP contribution < -0.4 is 0 Å². The summed E-state index contributed by atoms with van der Waals surface area (Å²) in [7, 11) is 0. The number of benzene rings is 1. The summed E-state index contributed by atoms with van der Waals surface area (Å²) in [5.41, 5.74) is 1.44. The number of unbranched alkanes of at least 4 members (excludes halogenated alkanes) is 3. The summed E-state index contributed by atoms with van der Waals surface area (Å²) >= 11 is 0. The standard InChI is InChI=1S/C14H20O/c1-2-15-13-9-4-3-6-10-14-11-7-5-8-12-14/h2,5,7-8,11-12H,1,3-4,6,9-10,13H2. The number of ether oxygens (including phenoxy) is 1. The van der Waals surface area contributed by atoms with Gasteiger partial charge in [-0.1, -0.05) is 49.8 Å². The lowest BCUT2D eigenvalue weighted by Gasteiger charge is -2.02. The van der Waals surface area contributed by atoms with Crippen LogP contribution in [0.5, 0.6) is 0 Å². The summed E-state index contributed by atoms with van der Waals surface area (Å²) < 4.78 is 5.06. The maximum Gasteiger partial charge on any atom is 0.0873 e. The third-order valence-corrected chi connectivity index (χ3v) is 2.44. The molecule has 0 amide bonds. The topological polar surface area (TPSA) is 9.23 Å². The highest BCUT2D eigenvalue weighted by Crippen LogP contribution is 2.07. The van der Waals surface area contributed by atoms with Crippen molar-refractivity contribution in [2.45, 2.75) is 32.1 Å². The van der Waals surface area contributed by atoms with Gasteiger partial charge in [0, 0.05) is 0 Å². The minimum Gasteiger partial charge on any atom is -0.502 e. The van der Waals surface area contributed by atoms with Crippen molar-refractivity contribution in [1.29, 1.82) is 0 Å². The monoisotopic (exact) mass is 204 g/mol. The van der Waals surface area contributed by atoms with Gasteiger partial charge in [0.15, 0.2) is 0 Å². The number of rotatable bonds is 8. The Morgan fingerprint density at radius 1 is 1.00 bits per heavy atom. The van der Waals surface area contributed by atoms with E-state index in [1.807, 2.05) is 0 Å². The van der Waals surface area contributed by atoms with E-state index in [4.69, 9.17) is 4.74 Å². The predicted octanol–water partition coefficient (Wildman–Crippen LogP) is 3.95. The van der Waals surface area contributed by atoms with Crippen LogP contribution in [0.1, 0.15) is 31.2 Å². The quantitative estimate of drug-likeness (QED) is 0.460. The van der Waals surface area contributed by atoms with Gasteiger partial charge in [-0.2, -0.15) is 0 Å². The number of hydrogen-bond acceptors (Lipinski definition) is 1. The molecule has 0 bridgehead atoms. The minimum absolute atomic E-state index is 0.814. The first kappa shape index (κ1) is 11.8. The second-order valence-corrected chi connectivity index (χ2v) is 3.69. The van der Waals surface area contributed by atoms with Gasteiger partial charge in [-0.3, -0.25) is 0 Å². The molecule has 0 aliphatic heterocycles. The van der Waals surface area contributed by atoms with Crippen LogP contribution in [0.25, 0.3) is 0 Å². The third-order valence-electron chi connectivity index (χ3n) is 2.44. The Labute approximate surface area is 92.8 Å². The first-order valence-corrected chi connectivity index (χ1v) is 5.70. The normalized spacial score (nSPS) is 9.87. The molecule has 0 N–H and O–H groups in total. The Hall–Kier alpha value is -1.24. The van der Waals surface area contributed by atoms with Crippen LogP contribution >= 0.6 is 0 Å². The predicted molar refractivity (Wildman–Crippen MR) is 64.8 cm³/mol. The average Bonchev–Trinajstić information content (AvgIpc) is 2.29. The lowest BCUT2D eigenvalue weighted by atomic mass is 10.1. The minimum atomic E-state index is 0.814. The van der Waals surface area contributed by atoms with Crippen LogP contribution in [0, 0.1) is 0 Å². The van der Waals surface area contributed by atoms with Crippen molar-refractivity contribution >= 4 is 0 Å². The third kappa shape index (κ3) is 5.95. The Balaban J connectivity index is 1.95. The summed E-state index contributed by atoms with van der Waals surface area (Å²) in [6.45, 7) is 4.33. The average molecular weight is 204 g/mol. The van der Waals surface area contributed by atoms with Crippen LogP contribution in [0.2, 0.25) is 0 Å². The lowest BCUT2D eigenvalue weighted by molar-refractivity contribution is 0.242. The highest BCUT2D eigenvalue weighted by Gasteiger charge is 1.92. The van der Waals surface area contributed by atoms with Crippen molar-refractivity contribution in [2.75, 3.05) is 6.61 Å². The SMILES string of the molecule is C=COCCCCCCc1ccccc1. The molecule has 0 radical (unpaired) electrons. The summed E-state index contributed by atoms with van der Waals surface area (Å²) in [5, 5.41) is 0. The van der Waals surface area contributed by atoms with E-state index in [0.29, 0.717) is 0 Å². The molecule has 0 heterocycles. The maximum absolute atomic E-state index is 5.06. The molecular weight excluding hydrogens is 184 g/mol. The van der Waals surface area contributed by atoms with Gasteiger partial charge >= 0.3 is 0 Å². The zero-order valence-corrected chi connectivity index (χ0v) is 9.32. The van der Waals surface area contributed by atoms with Gasteiger partial charge in [0.2, 0.25) is 0 Å². The Bertz CT molecular complexity index is 253. The van der Waals surface area contributed by atoms with E-state index >= 15 is 0 Å². The van der Waals surface area contributed by atoms with E-state index < -0.39 is 0 Å². The fourth-order valence-corrected chi connectivity index (χ4v) is 1.60. The molecular formula is C14H20O. The second kappa shape index (κ2) is 8.10. The summed E-state index contributed by atoms with van der Waals surface area (Å²) in [6, 6.07) is 10.7. The van der Waals surface area contributed by atoms with Gasteiger partial charge in [-0.15, -0.1) is 0 Å². The number of aryl methyl sites for hydroxylation is 1. The molecule has 1 nitrogen and oxygen atoms in total. The maximum atomic E-state index is 5.06. The second-order valence-electron chi connectivity index (χ2n) is 3.69. The van der Waals surface area contributed by atoms with Crippen molar-refractivity contribution in [3.05, 3.63) is 48.7 Å². The zero-order chi connectivity index (χ0) is 10.8. The fourth-order valence-electron chi connectivity index (χ4n) is 1.60. The van der Waals surface area contributed by atoms with Gasteiger partial charge in [0.05, 0.1) is 12.9 Å². The van der Waals surface area contributed by atoms with E-state index in [2.05, 4.69) is 36.9 Å². The molecule has 0 aliphatic carbocycles. The van der Waals surface area contributed by atoms with Crippen molar-refractivity contribution in [3.63, 3.8) is 0 Å². The molecule has 0 aliphatic rings. The molecule has 1 aromatic rings. The summed E-state index contributed by atoms with van der Waals surface area (Å²) in [4.78, 5) is 0. The zero-order valence-electron chi connectivity index (χ0n) is 9.32. The summed E-state index contributed by atoms with van der Waals surface area (Å²) in [6.07, 6.45) is 7.67. The van der Waals surface area contributed by atoms with Gasteiger partial charge in [0.1, 0.15) is 0 Å². The van der Waals surface area contributed by atoms with E-state index in [0.717, 1.165) is 13.0 Å². The van der Waals surface area contributed by atoms with Crippen molar-refractivity contribution in [2.24, 2.45) is 0 Å². The van der Waals surface area contributed by atoms with Crippen LogP contribution in [0.4, 0.5) is 0 Å². The molecule has 15 heavy (non-hydrogen) atoms.